The van der Waals surface area contributed by atoms with Crippen LogP contribution in [0.15, 0.2) is 18.3 Å². The van der Waals surface area contributed by atoms with Gasteiger partial charge in [0.15, 0.2) is 11.5 Å². The molecule has 0 radical (unpaired) electrons. The van der Waals surface area contributed by atoms with E-state index >= 15 is 0 Å². The fraction of sp³-hybridized carbons (Fsp3) is 0.500. The number of hydrogen-bond donors (Lipinski definition) is 2. The van der Waals surface area contributed by atoms with E-state index in [2.05, 4.69) is 15.4 Å². The minimum Gasteiger partial charge on any atom is -0.396 e. The topological polar surface area (TPSA) is 68.2 Å². The van der Waals surface area contributed by atoms with E-state index in [1.807, 2.05) is 18.3 Å². The molecule has 0 spiro atoms. The van der Waals surface area contributed by atoms with E-state index in [1.54, 1.807) is 4.52 Å². The molecule has 2 aromatic rings. The summed E-state index contributed by atoms with van der Waals surface area (Å²) >= 11 is 0. The number of aromatic nitrogens is 3. The molecule has 1 aliphatic rings. The van der Waals surface area contributed by atoms with Crippen molar-refractivity contribution in [1.29, 1.82) is 0 Å². The maximum atomic E-state index is 5.84. The Balaban J connectivity index is 1.74. The zero-order valence-electron chi connectivity index (χ0n) is 9.76. The van der Waals surface area contributed by atoms with Gasteiger partial charge in [0.25, 0.3) is 0 Å². The van der Waals surface area contributed by atoms with Crippen LogP contribution in [0.25, 0.3) is 5.65 Å². The minimum absolute atomic E-state index is 0.638. The average Bonchev–Trinajstić information content (AvgIpc) is 2.95. The Morgan fingerprint density at radius 3 is 3.00 bits per heavy atom. The monoisotopic (exact) mass is 231 g/mol. The molecule has 1 saturated carbocycles. The van der Waals surface area contributed by atoms with Gasteiger partial charge in [0.2, 0.25) is 0 Å². The highest BCUT2D eigenvalue weighted by Gasteiger charge is 2.15. The third kappa shape index (κ3) is 2.10. The Labute approximate surface area is 100 Å². The van der Waals surface area contributed by atoms with E-state index in [1.165, 1.54) is 25.7 Å². The molecular formula is C12H17N5. The summed E-state index contributed by atoms with van der Waals surface area (Å²) in [7, 11) is 0. The van der Waals surface area contributed by atoms with Crippen molar-refractivity contribution in [3.63, 3.8) is 0 Å². The highest BCUT2D eigenvalue weighted by molar-refractivity contribution is 5.63. The third-order valence-corrected chi connectivity index (χ3v) is 3.34. The first-order valence-electron chi connectivity index (χ1n) is 6.16. The summed E-state index contributed by atoms with van der Waals surface area (Å²) in [6.45, 7) is 0.728. The Kier molecular flexibility index (Phi) is 2.68. The second kappa shape index (κ2) is 4.33. The first-order valence-corrected chi connectivity index (χ1v) is 6.16. The van der Waals surface area contributed by atoms with Crippen molar-refractivity contribution in [3.8, 4) is 0 Å². The molecule has 3 N–H and O–H groups in total. The Morgan fingerprint density at radius 1 is 1.41 bits per heavy atom. The van der Waals surface area contributed by atoms with Crippen molar-refractivity contribution in [2.45, 2.75) is 38.3 Å². The zero-order chi connectivity index (χ0) is 11.7. The van der Waals surface area contributed by atoms with Crippen molar-refractivity contribution < 1.29 is 0 Å². The quantitative estimate of drug-likeness (QED) is 0.836. The third-order valence-electron chi connectivity index (χ3n) is 3.34. The molecule has 0 saturated heterocycles. The van der Waals surface area contributed by atoms with Crippen LogP contribution in [0.1, 0.15) is 31.5 Å². The van der Waals surface area contributed by atoms with Crippen molar-refractivity contribution in [1.82, 2.24) is 19.9 Å². The molecule has 2 aromatic heterocycles. The number of fused-ring (bicyclic) bond motifs is 1. The summed E-state index contributed by atoms with van der Waals surface area (Å²) in [5.74, 6) is 0.815. The van der Waals surface area contributed by atoms with Crippen LogP contribution in [0.5, 0.6) is 0 Å². The van der Waals surface area contributed by atoms with Crippen LogP contribution in [0.3, 0.4) is 0 Å². The maximum absolute atomic E-state index is 5.84. The van der Waals surface area contributed by atoms with Gasteiger partial charge in [-0.2, -0.15) is 0 Å². The van der Waals surface area contributed by atoms with Gasteiger partial charge in [-0.15, -0.1) is 5.10 Å². The number of pyridine rings is 1. The molecule has 0 amide bonds. The van der Waals surface area contributed by atoms with E-state index < -0.39 is 0 Å². The number of rotatable bonds is 3. The summed E-state index contributed by atoms with van der Waals surface area (Å²) in [4.78, 5) is 4.44. The first-order chi connectivity index (χ1) is 8.33. The molecule has 0 bridgehead atoms. The predicted octanol–water partition coefficient (Wildman–Crippen LogP) is 1.34. The Bertz CT molecular complexity index is 513. The number of nitrogens with one attached hydrogen (secondary N) is 1. The van der Waals surface area contributed by atoms with Gasteiger partial charge < -0.3 is 11.1 Å². The average molecular weight is 231 g/mol. The Morgan fingerprint density at radius 2 is 2.24 bits per heavy atom. The number of nitrogen functional groups attached to an aromatic ring is 1. The fourth-order valence-electron chi connectivity index (χ4n) is 2.41. The molecule has 90 valence electrons. The smallest absolute Gasteiger partial charge is 0.178 e. The lowest BCUT2D eigenvalue weighted by molar-refractivity contribution is 0.513. The summed E-state index contributed by atoms with van der Waals surface area (Å²) in [5.41, 5.74) is 7.26. The lowest BCUT2D eigenvalue weighted by Crippen LogP contribution is -2.25. The SMILES string of the molecule is Nc1cccn2nc(CNC3CCCC3)nc12. The van der Waals surface area contributed by atoms with Crippen molar-refractivity contribution in [2.75, 3.05) is 5.73 Å². The summed E-state index contributed by atoms with van der Waals surface area (Å²) in [5, 5.41) is 7.90. The van der Waals surface area contributed by atoms with Crippen LogP contribution in [-0.2, 0) is 6.54 Å². The number of nitrogens with two attached hydrogens (primary N) is 1. The van der Waals surface area contributed by atoms with Gasteiger partial charge >= 0.3 is 0 Å². The minimum atomic E-state index is 0.638. The van der Waals surface area contributed by atoms with Crippen LogP contribution in [-0.4, -0.2) is 20.6 Å². The molecule has 17 heavy (non-hydrogen) atoms. The second-order valence-corrected chi connectivity index (χ2v) is 4.62. The van der Waals surface area contributed by atoms with Gasteiger partial charge in [0, 0.05) is 12.2 Å². The van der Waals surface area contributed by atoms with E-state index in [0.717, 1.165) is 18.0 Å². The van der Waals surface area contributed by atoms with Crippen molar-refractivity contribution >= 4 is 11.3 Å². The number of hydrogen-bond acceptors (Lipinski definition) is 4. The van der Waals surface area contributed by atoms with Crippen LogP contribution in [0, 0.1) is 0 Å². The molecule has 2 heterocycles. The van der Waals surface area contributed by atoms with E-state index in [-0.39, 0.29) is 0 Å². The number of anilines is 1. The second-order valence-electron chi connectivity index (χ2n) is 4.62. The van der Waals surface area contributed by atoms with Crippen LogP contribution >= 0.6 is 0 Å². The molecule has 1 fully saturated rings. The van der Waals surface area contributed by atoms with Crippen LogP contribution in [0.2, 0.25) is 0 Å². The molecule has 1 aliphatic carbocycles. The van der Waals surface area contributed by atoms with Crippen LogP contribution in [0.4, 0.5) is 5.69 Å². The molecule has 0 unspecified atom stereocenters. The zero-order valence-corrected chi connectivity index (χ0v) is 9.76. The highest BCUT2D eigenvalue weighted by Crippen LogP contribution is 2.18. The summed E-state index contributed by atoms with van der Waals surface area (Å²) < 4.78 is 1.74. The number of nitrogens with zero attached hydrogens (tertiary/aromatic N) is 3. The lowest BCUT2D eigenvalue weighted by atomic mass is 10.2. The normalized spacial score (nSPS) is 16.9. The molecule has 0 atom stereocenters. The van der Waals surface area contributed by atoms with Gasteiger partial charge in [-0.1, -0.05) is 12.8 Å². The summed E-state index contributed by atoms with van der Waals surface area (Å²) in [6, 6.07) is 4.36. The van der Waals surface area contributed by atoms with Gasteiger partial charge in [-0.05, 0) is 25.0 Å². The van der Waals surface area contributed by atoms with Crippen molar-refractivity contribution in [2.24, 2.45) is 0 Å². The van der Waals surface area contributed by atoms with E-state index in [4.69, 9.17) is 5.73 Å². The molecule has 3 rings (SSSR count). The largest absolute Gasteiger partial charge is 0.396 e. The van der Waals surface area contributed by atoms with Gasteiger partial charge in [-0.25, -0.2) is 9.50 Å². The molecular weight excluding hydrogens is 214 g/mol. The fourth-order valence-corrected chi connectivity index (χ4v) is 2.41. The highest BCUT2D eigenvalue weighted by atomic mass is 15.3. The molecule has 5 heteroatoms. The van der Waals surface area contributed by atoms with E-state index in [0.29, 0.717) is 11.7 Å². The molecule has 0 aliphatic heterocycles. The van der Waals surface area contributed by atoms with E-state index in [9.17, 15) is 0 Å². The van der Waals surface area contributed by atoms with Gasteiger partial charge in [0.1, 0.15) is 0 Å². The predicted molar refractivity (Wildman–Crippen MR) is 66.5 cm³/mol. The first kappa shape index (κ1) is 10.5. The molecule has 0 aromatic carbocycles. The standard InChI is InChI=1S/C12H17N5/c13-10-6-3-7-17-12(10)15-11(16-17)8-14-9-4-1-2-5-9/h3,6-7,9,14H,1-2,4-5,8,13H2. The maximum Gasteiger partial charge on any atom is 0.178 e. The van der Waals surface area contributed by atoms with Crippen LogP contribution < -0.4 is 11.1 Å². The lowest BCUT2D eigenvalue weighted by Gasteiger charge is -2.08. The van der Waals surface area contributed by atoms with Crippen molar-refractivity contribution in [3.05, 3.63) is 24.2 Å². The summed E-state index contributed by atoms with van der Waals surface area (Å²) in [6.07, 6.45) is 7.09. The van der Waals surface area contributed by atoms with Gasteiger partial charge in [0.05, 0.1) is 12.2 Å². The molecule has 5 nitrogen and oxygen atoms in total. The van der Waals surface area contributed by atoms with Gasteiger partial charge in [-0.3, -0.25) is 0 Å². The Hall–Kier alpha value is -1.62.